The molecule has 0 amide bonds. The fraction of sp³-hybridized carbons (Fsp3) is 0.963. The number of rotatable bonds is 24. The van der Waals surface area contributed by atoms with Crippen molar-refractivity contribution in [2.45, 2.75) is 155 Å². The second kappa shape index (κ2) is 28.4. The largest absolute Gasteiger partial charge is 0.487 e. The molecular formula is C27H55MoNOS. The van der Waals surface area contributed by atoms with Gasteiger partial charge in [0.1, 0.15) is 0 Å². The minimum atomic E-state index is 0. The fourth-order valence-corrected chi connectivity index (χ4v) is 4.42. The Bertz CT molecular complexity index is 354. The third-order valence-corrected chi connectivity index (χ3v) is 6.59. The molecule has 0 aliphatic rings. The quantitative estimate of drug-likeness (QED) is 0.0753. The van der Waals surface area contributed by atoms with Gasteiger partial charge in [-0.05, 0) is 25.1 Å². The van der Waals surface area contributed by atoms with Crippen LogP contribution < -0.4 is 0 Å². The summed E-state index contributed by atoms with van der Waals surface area (Å²) in [4.78, 5) is 2.01. The van der Waals surface area contributed by atoms with Crippen molar-refractivity contribution < 1.29 is 26.2 Å². The second-order valence-corrected chi connectivity index (χ2v) is 9.71. The van der Waals surface area contributed by atoms with Crippen molar-refractivity contribution in [3.63, 3.8) is 0 Å². The van der Waals surface area contributed by atoms with Gasteiger partial charge in [-0.3, -0.25) is 0 Å². The number of hydrogen-bond donors (Lipinski definition) is 1. The molecule has 0 atom stereocenters. The van der Waals surface area contributed by atoms with Gasteiger partial charge < -0.3 is 10.0 Å². The molecule has 31 heavy (non-hydrogen) atoms. The van der Waals surface area contributed by atoms with Gasteiger partial charge in [0, 0.05) is 34.2 Å². The molecule has 0 aliphatic carbocycles. The number of hydrogen-bond acceptors (Lipinski definition) is 1. The first-order chi connectivity index (χ1) is 14.7. The summed E-state index contributed by atoms with van der Waals surface area (Å²) in [6, 6.07) is 0. The molecule has 0 aromatic rings. The van der Waals surface area contributed by atoms with Crippen LogP contribution in [0.5, 0.6) is 0 Å². The molecule has 4 heteroatoms. The van der Waals surface area contributed by atoms with Crippen LogP contribution in [-0.2, 0) is 21.1 Å². The summed E-state index contributed by atoms with van der Waals surface area (Å²) in [5.41, 5.74) is 0. The van der Waals surface area contributed by atoms with Gasteiger partial charge in [-0.15, -0.1) is 0 Å². The molecule has 1 N–H and O–H groups in total. The van der Waals surface area contributed by atoms with Gasteiger partial charge in [0.2, 0.25) is 0 Å². The van der Waals surface area contributed by atoms with Crippen LogP contribution in [0.3, 0.4) is 0 Å². The molecule has 0 rings (SSSR count). The SMILES string of the molecule is CCCCCCCCCCCCCCCCCCN(CCCCCCCC)C(O)=S.[Mo]. The van der Waals surface area contributed by atoms with Crippen LogP contribution in [0, 0.1) is 0 Å². The summed E-state index contributed by atoms with van der Waals surface area (Å²) in [6.07, 6.45) is 30.0. The van der Waals surface area contributed by atoms with Gasteiger partial charge >= 0.3 is 0 Å². The van der Waals surface area contributed by atoms with Crippen LogP contribution in [0.1, 0.15) is 155 Å². The first-order valence-electron chi connectivity index (χ1n) is 13.7. The fourth-order valence-electron chi connectivity index (χ4n) is 4.24. The first kappa shape index (κ1) is 33.6. The Balaban J connectivity index is 0. The predicted octanol–water partition coefficient (Wildman–Crippen LogP) is 9.75. The smallest absolute Gasteiger partial charge is 0.256 e. The average Bonchev–Trinajstić information content (AvgIpc) is 2.74. The molecule has 0 aliphatic heterocycles. The van der Waals surface area contributed by atoms with Gasteiger partial charge in [-0.1, -0.05) is 142 Å². The number of unbranched alkanes of at least 4 members (excludes halogenated alkanes) is 20. The Hall–Kier alpha value is 0.378. The Morgan fingerprint density at radius 1 is 0.484 bits per heavy atom. The number of aliphatic hydroxyl groups is 1. The summed E-state index contributed by atoms with van der Waals surface area (Å²) >= 11 is 5.03. The predicted molar refractivity (Wildman–Crippen MR) is 140 cm³/mol. The van der Waals surface area contributed by atoms with Gasteiger partial charge in [0.05, 0.1) is 0 Å². The van der Waals surface area contributed by atoms with Crippen molar-refractivity contribution in [2.75, 3.05) is 13.1 Å². The van der Waals surface area contributed by atoms with E-state index in [1.165, 1.54) is 128 Å². The first-order valence-corrected chi connectivity index (χ1v) is 14.1. The molecule has 0 saturated carbocycles. The van der Waals surface area contributed by atoms with E-state index in [4.69, 9.17) is 12.2 Å². The van der Waals surface area contributed by atoms with E-state index >= 15 is 0 Å². The summed E-state index contributed by atoms with van der Waals surface area (Å²) in [7, 11) is 0. The summed E-state index contributed by atoms with van der Waals surface area (Å²) in [5, 5.41) is 9.84. The summed E-state index contributed by atoms with van der Waals surface area (Å²) in [6.45, 7) is 6.41. The minimum absolute atomic E-state index is 0. The number of aliphatic hydroxyl groups excluding tert-OH is 1. The van der Waals surface area contributed by atoms with Crippen LogP contribution in [0.25, 0.3) is 0 Å². The van der Waals surface area contributed by atoms with Crippen molar-refractivity contribution in [1.82, 2.24) is 4.90 Å². The zero-order chi connectivity index (χ0) is 22.1. The molecule has 186 valence electrons. The monoisotopic (exact) mass is 539 g/mol. The van der Waals surface area contributed by atoms with Gasteiger partial charge in [-0.25, -0.2) is 0 Å². The van der Waals surface area contributed by atoms with E-state index in [2.05, 4.69) is 13.8 Å². The maximum absolute atomic E-state index is 9.74. The number of thiocarbonyl (C=S) groups is 1. The number of nitrogens with zero attached hydrogens (tertiary/aromatic N) is 1. The van der Waals surface area contributed by atoms with Crippen LogP contribution in [-0.4, -0.2) is 28.3 Å². The minimum Gasteiger partial charge on any atom is -0.487 e. The second-order valence-electron chi connectivity index (χ2n) is 9.34. The summed E-state index contributed by atoms with van der Waals surface area (Å²) in [5.74, 6) is 0. The molecule has 0 fully saturated rings. The zero-order valence-electron chi connectivity index (χ0n) is 21.2. The zero-order valence-corrected chi connectivity index (χ0v) is 24.0. The maximum Gasteiger partial charge on any atom is 0.256 e. The Morgan fingerprint density at radius 3 is 0.935 bits per heavy atom. The molecule has 0 aromatic carbocycles. The third-order valence-electron chi connectivity index (χ3n) is 6.33. The van der Waals surface area contributed by atoms with Crippen molar-refractivity contribution in [3.8, 4) is 0 Å². The molecule has 0 aromatic heterocycles. The maximum atomic E-state index is 9.74. The standard InChI is InChI=1S/C27H55NOS.Mo/c1-3-5-7-9-11-12-13-14-15-16-17-18-19-20-22-24-26-28(27(29)30)25-23-21-10-8-6-4-2;/h3-26H2,1-2H3,(H,29,30);. The van der Waals surface area contributed by atoms with E-state index in [0.29, 0.717) is 0 Å². The van der Waals surface area contributed by atoms with Gasteiger partial charge in [0.25, 0.3) is 5.17 Å². The molecular weight excluding hydrogens is 482 g/mol. The molecule has 0 unspecified atom stereocenters. The van der Waals surface area contributed by atoms with Gasteiger partial charge in [0.15, 0.2) is 0 Å². The average molecular weight is 538 g/mol. The molecule has 2 nitrogen and oxygen atoms in total. The summed E-state index contributed by atoms with van der Waals surface area (Å²) < 4.78 is 0. The van der Waals surface area contributed by atoms with Crippen LogP contribution in [0.4, 0.5) is 0 Å². The van der Waals surface area contributed by atoms with Crippen molar-refractivity contribution in [2.24, 2.45) is 0 Å². The topological polar surface area (TPSA) is 23.5 Å². The third kappa shape index (κ3) is 26.5. The molecule has 0 spiro atoms. The van der Waals surface area contributed by atoms with E-state index < -0.39 is 0 Å². The van der Waals surface area contributed by atoms with Crippen molar-refractivity contribution in [3.05, 3.63) is 0 Å². The van der Waals surface area contributed by atoms with E-state index in [-0.39, 0.29) is 26.2 Å². The van der Waals surface area contributed by atoms with Crippen LogP contribution in [0.15, 0.2) is 0 Å². The van der Waals surface area contributed by atoms with Crippen LogP contribution >= 0.6 is 12.2 Å². The van der Waals surface area contributed by atoms with E-state index in [0.717, 1.165) is 25.9 Å². The Morgan fingerprint density at radius 2 is 0.710 bits per heavy atom. The molecule has 0 bridgehead atoms. The van der Waals surface area contributed by atoms with E-state index in [1.807, 2.05) is 4.90 Å². The van der Waals surface area contributed by atoms with Crippen LogP contribution in [0.2, 0.25) is 0 Å². The molecule has 0 saturated heterocycles. The molecule has 0 radical (unpaired) electrons. The Kier molecular flexibility index (Phi) is 30.7. The Labute approximate surface area is 216 Å². The van der Waals surface area contributed by atoms with Crippen molar-refractivity contribution in [1.29, 1.82) is 0 Å². The van der Waals surface area contributed by atoms with E-state index in [1.54, 1.807) is 0 Å². The van der Waals surface area contributed by atoms with Crippen molar-refractivity contribution >= 4 is 17.4 Å². The molecule has 0 heterocycles. The van der Waals surface area contributed by atoms with E-state index in [9.17, 15) is 5.11 Å². The van der Waals surface area contributed by atoms with Gasteiger partial charge in [-0.2, -0.15) is 0 Å². The normalized spacial score (nSPS) is 10.8.